The van der Waals surface area contributed by atoms with Gasteiger partial charge in [0.15, 0.2) is 6.23 Å². The van der Waals surface area contributed by atoms with Crippen LogP contribution in [0.3, 0.4) is 0 Å². The highest BCUT2D eigenvalue weighted by atomic mass is 35.5. The number of halogens is 1. The molecule has 1 atom stereocenters. The van der Waals surface area contributed by atoms with Gasteiger partial charge in [0.2, 0.25) is 5.88 Å². The molecule has 1 unspecified atom stereocenters. The molecule has 1 amide bonds. The fraction of sp³-hybridized carbons (Fsp3) is 0.350. The minimum absolute atomic E-state index is 0.188. The Kier molecular flexibility index (Phi) is 4.94. The largest absolute Gasteiger partial charge is 0.480 e. The van der Waals surface area contributed by atoms with E-state index in [0.29, 0.717) is 57.5 Å². The maximum absolute atomic E-state index is 12.9. The molecule has 9 heteroatoms. The molecule has 8 nitrogen and oxygen atoms in total. The Morgan fingerprint density at radius 1 is 1.41 bits per heavy atom. The molecule has 0 fully saturated rings. The standard InChI is InChI=1S/C20H22ClN5O3/c1-10-14-11(19(27)26(20(14)28)8-7-25(2)3)9-13-16(10)24-17(23-13)15-12(21)5-6-22-18(15)29-4/h5-6,9,20,28H,7-8H2,1-4H3,(H,23,24). The molecule has 0 spiro atoms. The monoisotopic (exact) mass is 415 g/mol. The number of amides is 1. The molecule has 0 aliphatic carbocycles. The first kappa shape index (κ1) is 19.6. The van der Waals surface area contributed by atoms with Crippen molar-refractivity contribution in [1.82, 2.24) is 24.8 Å². The van der Waals surface area contributed by atoms with Crippen LogP contribution in [-0.2, 0) is 0 Å². The SMILES string of the molecule is COc1nccc(Cl)c1-c1nc2c(C)c3c(cc2[nH]1)C(=O)N(CCN(C)C)C3O. The lowest BCUT2D eigenvalue weighted by Gasteiger charge is -2.23. The second-order valence-corrected chi connectivity index (χ2v) is 7.70. The number of hydrogen-bond acceptors (Lipinski definition) is 6. The molecule has 0 saturated heterocycles. The van der Waals surface area contributed by atoms with Gasteiger partial charge < -0.3 is 24.6 Å². The van der Waals surface area contributed by atoms with E-state index in [1.807, 2.05) is 25.9 Å². The lowest BCUT2D eigenvalue weighted by atomic mass is 10.0. The van der Waals surface area contributed by atoms with Gasteiger partial charge in [0.05, 0.1) is 28.7 Å². The summed E-state index contributed by atoms with van der Waals surface area (Å²) < 4.78 is 5.32. The van der Waals surface area contributed by atoms with E-state index in [2.05, 4.69) is 15.0 Å². The molecule has 2 aromatic heterocycles. The van der Waals surface area contributed by atoms with Crippen LogP contribution >= 0.6 is 11.6 Å². The van der Waals surface area contributed by atoms with E-state index in [1.165, 1.54) is 12.0 Å². The Morgan fingerprint density at radius 2 is 2.17 bits per heavy atom. The van der Waals surface area contributed by atoms with Crippen LogP contribution in [0.2, 0.25) is 5.02 Å². The van der Waals surface area contributed by atoms with Gasteiger partial charge in [-0.25, -0.2) is 9.97 Å². The van der Waals surface area contributed by atoms with E-state index < -0.39 is 6.23 Å². The van der Waals surface area contributed by atoms with Crippen molar-refractivity contribution in [1.29, 1.82) is 0 Å². The number of carbonyl (C=O) groups excluding carboxylic acids is 1. The minimum atomic E-state index is -0.987. The number of pyridine rings is 1. The number of aliphatic hydroxyl groups excluding tert-OH is 1. The molecule has 4 rings (SSSR count). The number of carbonyl (C=O) groups is 1. The summed E-state index contributed by atoms with van der Waals surface area (Å²) in [5.41, 5.74) is 3.75. The molecule has 152 valence electrons. The zero-order chi connectivity index (χ0) is 20.9. The van der Waals surface area contributed by atoms with Crippen molar-refractivity contribution in [2.24, 2.45) is 0 Å². The van der Waals surface area contributed by atoms with Crippen LogP contribution in [0.4, 0.5) is 0 Å². The van der Waals surface area contributed by atoms with E-state index in [1.54, 1.807) is 18.3 Å². The number of methoxy groups -OCH3 is 1. The third kappa shape index (κ3) is 3.13. The molecular formula is C20H22ClN5O3. The van der Waals surface area contributed by atoms with Crippen LogP contribution < -0.4 is 4.74 Å². The van der Waals surface area contributed by atoms with E-state index in [0.717, 1.165) is 5.56 Å². The summed E-state index contributed by atoms with van der Waals surface area (Å²) in [5.74, 6) is 0.660. The van der Waals surface area contributed by atoms with Crippen LogP contribution in [0.5, 0.6) is 5.88 Å². The zero-order valence-electron chi connectivity index (χ0n) is 16.7. The van der Waals surface area contributed by atoms with Gasteiger partial charge in [-0.2, -0.15) is 0 Å². The summed E-state index contributed by atoms with van der Waals surface area (Å²) in [6, 6.07) is 3.40. The number of aromatic amines is 1. The number of aliphatic hydroxyl groups is 1. The van der Waals surface area contributed by atoms with Crippen molar-refractivity contribution in [3.05, 3.63) is 40.0 Å². The predicted octanol–water partition coefficient (Wildman–Crippen LogP) is 2.60. The first-order valence-electron chi connectivity index (χ1n) is 9.19. The van der Waals surface area contributed by atoms with Gasteiger partial charge >= 0.3 is 0 Å². The van der Waals surface area contributed by atoms with E-state index in [-0.39, 0.29) is 5.91 Å². The first-order valence-corrected chi connectivity index (χ1v) is 9.57. The van der Waals surface area contributed by atoms with Gasteiger partial charge in [-0.3, -0.25) is 4.79 Å². The number of aryl methyl sites for hydroxylation is 1. The Labute approximate surface area is 173 Å². The number of benzene rings is 1. The molecule has 1 aromatic carbocycles. The van der Waals surface area contributed by atoms with E-state index in [4.69, 9.17) is 16.3 Å². The van der Waals surface area contributed by atoms with Crippen molar-refractivity contribution >= 4 is 28.5 Å². The van der Waals surface area contributed by atoms with Gasteiger partial charge in [0.25, 0.3) is 5.91 Å². The topological polar surface area (TPSA) is 94.6 Å². The van der Waals surface area contributed by atoms with Crippen molar-refractivity contribution in [3.8, 4) is 17.3 Å². The summed E-state index contributed by atoms with van der Waals surface area (Å²) >= 11 is 6.35. The average molecular weight is 416 g/mol. The van der Waals surface area contributed by atoms with Crippen LogP contribution in [0.15, 0.2) is 18.3 Å². The van der Waals surface area contributed by atoms with Crippen molar-refractivity contribution < 1.29 is 14.6 Å². The summed E-state index contributed by atoms with van der Waals surface area (Å²) in [7, 11) is 5.37. The number of rotatable bonds is 5. The Morgan fingerprint density at radius 3 is 2.86 bits per heavy atom. The zero-order valence-corrected chi connectivity index (χ0v) is 17.4. The molecule has 1 aliphatic rings. The number of ether oxygens (including phenoxy) is 1. The number of hydrogen-bond donors (Lipinski definition) is 2. The molecule has 29 heavy (non-hydrogen) atoms. The quantitative estimate of drug-likeness (QED) is 0.665. The highest BCUT2D eigenvalue weighted by Gasteiger charge is 2.38. The van der Waals surface area contributed by atoms with Gasteiger partial charge in [0.1, 0.15) is 5.82 Å². The molecule has 0 radical (unpaired) electrons. The van der Waals surface area contributed by atoms with Crippen LogP contribution in [-0.4, -0.2) is 70.1 Å². The fourth-order valence-electron chi connectivity index (χ4n) is 3.70. The third-order valence-electron chi connectivity index (χ3n) is 5.20. The van der Waals surface area contributed by atoms with Gasteiger partial charge in [-0.15, -0.1) is 0 Å². The number of nitrogens with zero attached hydrogens (tertiary/aromatic N) is 4. The maximum atomic E-state index is 12.9. The van der Waals surface area contributed by atoms with Crippen LogP contribution in [0.25, 0.3) is 22.4 Å². The molecule has 3 aromatic rings. The highest BCUT2D eigenvalue weighted by molar-refractivity contribution is 6.33. The Bertz CT molecular complexity index is 1110. The summed E-state index contributed by atoms with van der Waals surface area (Å²) in [6.45, 7) is 2.96. The molecule has 2 N–H and O–H groups in total. The maximum Gasteiger partial charge on any atom is 0.256 e. The van der Waals surface area contributed by atoms with Crippen molar-refractivity contribution in [2.45, 2.75) is 13.2 Å². The van der Waals surface area contributed by atoms with Crippen molar-refractivity contribution in [3.63, 3.8) is 0 Å². The number of H-pyrrole nitrogens is 1. The number of fused-ring (bicyclic) bond motifs is 2. The van der Waals surface area contributed by atoms with Crippen molar-refractivity contribution in [2.75, 3.05) is 34.3 Å². The lowest BCUT2D eigenvalue weighted by molar-refractivity contribution is 0.0152. The number of likely N-dealkylation sites (N-methyl/N-ethyl adjacent to an activating group) is 1. The normalized spacial score (nSPS) is 16.2. The molecule has 3 heterocycles. The van der Waals surface area contributed by atoms with Gasteiger partial charge in [-0.1, -0.05) is 11.6 Å². The molecule has 0 saturated carbocycles. The first-order chi connectivity index (χ1) is 13.8. The minimum Gasteiger partial charge on any atom is -0.480 e. The second-order valence-electron chi connectivity index (χ2n) is 7.30. The summed E-state index contributed by atoms with van der Waals surface area (Å²) in [5, 5.41) is 11.3. The molecule has 0 bridgehead atoms. The number of aromatic nitrogens is 3. The molecule has 1 aliphatic heterocycles. The van der Waals surface area contributed by atoms with Gasteiger partial charge in [-0.05, 0) is 38.7 Å². The highest BCUT2D eigenvalue weighted by Crippen LogP contribution is 2.39. The van der Waals surface area contributed by atoms with Crippen LogP contribution in [0.1, 0.15) is 27.7 Å². The predicted molar refractivity (Wildman–Crippen MR) is 110 cm³/mol. The fourth-order valence-corrected chi connectivity index (χ4v) is 3.93. The smallest absolute Gasteiger partial charge is 0.256 e. The van der Waals surface area contributed by atoms with E-state index >= 15 is 0 Å². The average Bonchev–Trinajstić information content (AvgIpc) is 3.20. The Balaban J connectivity index is 1.82. The molecular weight excluding hydrogens is 394 g/mol. The lowest BCUT2D eigenvalue weighted by Crippen LogP contribution is -2.34. The number of nitrogens with one attached hydrogen (secondary N) is 1. The summed E-state index contributed by atoms with van der Waals surface area (Å²) in [6.07, 6.45) is 0.572. The third-order valence-corrected chi connectivity index (χ3v) is 5.51. The summed E-state index contributed by atoms with van der Waals surface area (Å²) in [4.78, 5) is 28.5. The second kappa shape index (κ2) is 7.29. The van der Waals surface area contributed by atoms with Gasteiger partial charge in [0, 0.05) is 30.4 Å². The number of imidazole rings is 1. The Hall–Kier alpha value is -2.68. The van der Waals surface area contributed by atoms with E-state index in [9.17, 15) is 9.90 Å². The van der Waals surface area contributed by atoms with Crippen LogP contribution in [0, 0.1) is 6.92 Å².